The topological polar surface area (TPSA) is 47.6 Å². The van der Waals surface area contributed by atoms with Crippen LogP contribution in [0.5, 0.6) is 0 Å². The number of unbranched alkanes of at least 4 members (excludes halogenated alkanes) is 4. The first-order valence-electron chi connectivity index (χ1n) is 8.60. The van der Waals surface area contributed by atoms with Gasteiger partial charge in [0.15, 0.2) is 6.10 Å². The summed E-state index contributed by atoms with van der Waals surface area (Å²) in [4.78, 5) is 11.9. The average Bonchev–Trinajstić information content (AvgIpc) is 2.60. The Balaban J connectivity index is 2.57. The molecule has 0 fully saturated rings. The number of hydrogen-bond acceptors (Lipinski definition) is 4. The van der Waals surface area contributed by atoms with Crippen LogP contribution in [-0.4, -0.2) is 32.3 Å². The maximum absolute atomic E-state index is 11.9. The molecule has 23 heavy (non-hydrogen) atoms. The number of rotatable bonds is 12. The molecule has 0 saturated carbocycles. The lowest BCUT2D eigenvalue weighted by molar-refractivity contribution is -0.154. The molecule has 130 valence electrons. The molecule has 0 saturated heterocycles. The second kappa shape index (κ2) is 12.1. The van der Waals surface area contributed by atoms with Crippen molar-refractivity contribution < 1.29 is 14.3 Å². The van der Waals surface area contributed by atoms with E-state index < -0.39 is 6.10 Å². The fourth-order valence-corrected chi connectivity index (χ4v) is 2.71. The summed E-state index contributed by atoms with van der Waals surface area (Å²) in [6, 6.07) is 10.2. The molecule has 0 unspecified atom stereocenters. The first kappa shape index (κ1) is 19.7. The zero-order valence-electron chi connectivity index (χ0n) is 14.7. The van der Waals surface area contributed by atoms with Gasteiger partial charge in [0.05, 0.1) is 7.11 Å². The molecule has 0 radical (unpaired) electrons. The Morgan fingerprint density at radius 3 is 2.39 bits per heavy atom. The van der Waals surface area contributed by atoms with E-state index in [0.717, 1.165) is 19.4 Å². The van der Waals surface area contributed by atoms with Crippen molar-refractivity contribution in [3.63, 3.8) is 0 Å². The molecule has 4 nitrogen and oxygen atoms in total. The number of carbonyl (C=O) groups is 1. The normalized spacial score (nSPS) is 13.5. The maximum atomic E-state index is 11.9. The summed E-state index contributed by atoms with van der Waals surface area (Å²) in [7, 11) is 2.97. The SMILES string of the molecule is CCCCCCC[C@H](NCc1ccccc1)[C@@H](OC)C(=O)OC. The van der Waals surface area contributed by atoms with Gasteiger partial charge < -0.3 is 14.8 Å². The number of ether oxygens (including phenoxy) is 2. The number of esters is 1. The Hall–Kier alpha value is -1.39. The van der Waals surface area contributed by atoms with Gasteiger partial charge in [0.2, 0.25) is 0 Å². The lowest BCUT2D eigenvalue weighted by atomic mass is 10.0. The molecule has 0 spiro atoms. The first-order valence-corrected chi connectivity index (χ1v) is 8.60. The highest BCUT2D eigenvalue weighted by Crippen LogP contribution is 2.13. The van der Waals surface area contributed by atoms with Crippen molar-refractivity contribution in [2.24, 2.45) is 0 Å². The van der Waals surface area contributed by atoms with Gasteiger partial charge in [0.25, 0.3) is 0 Å². The quantitative estimate of drug-likeness (QED) is 0.471. The highest BCUT2D eigenvalue weighted by Gasteiger charge is 2.28. The lowest BCUT2D eigenvalue weighted by Crippen LogP contribution is -2.45. The average molecular weight is 321 g/mol. The molecule has 0 bridgehead atoms. The van der Waals surface area contributed by atoms with E-state index in [0.29, 0.717) is 0 Å². The van der Waals surface area contributed by atoms with E-state index in [1.54, 1.807) is 7.11 Å². The third-order valence-corrected chi connectivity index (χ3v) is 4.08. The van der Waals surface area contributed by atoms with Gasteiger partial charge >= 0.3 is 5.97 Å². The highest BCUT2D eigenvalue weighted by molar-refractivity contribution is 5.75. The summed E-state index contributed by atoms with van der Waals surface area (Å²) in [6.45, 7) is 2.93. The van der Waals surface area contributed by atoms with Crippen LogP contribution in [0, 0.1) is 0 Å². The number of nitrogens with one attached hydrogen (secondary N) is 1. The summed E-state index contributed by atoms with van der Waals surface area (Å²) in [5, 5.41) is 3.47. The van der Waals surface area contributed by atoms with Crippen LogP contribution in [0.3, 0.4) is 0 Å². The highest BCUT2D eigenvalue weighted by atomic mass is 16.6. The standard InChI is InChI=1S/C19H31NO3/c1-4-5-6-7-11-14-17(18(22-2)19(21)23-3)20-15-16-12-9-8-10-13-16/h8-10,12-13,17-18,20H,4-7,11,14-15H2,1-3H3/t17-,18+/m0/s1. The van der Waals surface area contributed by atoms with Gasteiger partial charge in [-0.3, -0.25) is 0 Å². The molecule has 1 aromatic rings. The molecule has 0 amide bonds. The second-order valence-corrected chi connectivity index (χ2v) is 5.86. The predicted molar refractivity (Wildman–Crippen MR) is 93.3 cm³/mol. The molecule has 0 aromatic heterocycles. The maximum Gasteiger partial charge on any atom is 0.336 e. The summed E-state index contributed by atoms with van der Waals surface area (Å²) < 4.78 is 10.3. The van der Waals surface area contributed by atoms with Crippen molar-refractivity contribution in [2.45, 2.75) is 64.1 Å². The van der Waals surface area contributed by atoms with E-state index in [1.165, 1.54) is 38.4 Å². The minimum Gasteiger partial charge on any atom is -0.467 e. The Morgan fingerprint density at radius 2 is 1.78 bits per heavy atom. The summed E-state index contributed by atoms with van der Waals surface area (Å²) in [6.07, 6.45) is 6.38. The Bertz CT molecular complexity index is 422. The third-order valence-electron chi connectivity index (χ3n) is 4.08. The molecule has 4 heteroatoms. The van der Waals surface area contributed by atoms with Crippen LogP contribution in [0.2, 0.25) is 0 Å². The number of benzene rings is 1. The summed E-state index contributed by atoms with van der Waals surface area (Å²) in [5.74, 6) is -0.313. The van der Waals surface area contributed by atoms with Gasteiger partial charge in [-0.05, 0) is 12.0 Å². The predicted octanol–water partition coefficient (Wildman–Crippen LogP) is 3.69. The van der Waals surface area contributed by atoms with Crippen molar-refractivity contribution in [3.8, 4) is 0 Å². The molecule has 1 N–H and O–H groups in total. The van der Waals surface area contributed by atoms with Crippen LogP contribution in [0.25, 0.3) is 0 Å². The Morgan fingerprint density at radius 1 is 1.09 bits per heavy atom. The van der Waals surface area contributed by atoms with Crippen LogP contribution < -0.4 is 5.32 Å². The van der Waals surface area contributed by atoms with Crippen LogP contribution in [0.1, 0.15) is 51.0 Å². The summed E-state index contributed by atoms with van der Waals surface area (Å²) in [5.41, 5.74) is 1.20. The molecular weight excluding hydrogens is 290 g/mol. The fraction of sp³-hybridized carbons (Fsp3) is 0.632. The van der Waals surface area contributed by atoms with Crippen molar-refractivity contribution in [1.82, 2.24) is 5.32 Å². The smallest absolute Gasteiger partial charge is 0.336 e. The van der Waals surface area contributed by atoms with Crippen LogP contribution in [-0.2, 0) is 20.8 Å². The van der Waals surface area contributed by atoms with E-state index in [9.17, 15) is 4.79 Å². The van der Waals surface area contributed by atoms with Gasteiger partial charge in [-0.15, -0.1) is 0 Å². The fourth-order valence-electron chi connectivity index (χ4n) is 2.71. The van der Waals surface area contributed by atoms with Gasteiger partial charge in [-0.1, -0.05) is 69.4 Å². The van der Waals surface area contributed by atoms with Crippen LogP contribution in [0.15, 0.2) is 30.3 Å². The van der Waals surface area contributed by atoms with Gasteiger partial charge in [-0.25, -0.2) is 4.79 Å². The van der Waals surface area contributed by atoms with Gasteiger partial charge in [0, 0.05) is 19.7 Å². The zero-order chi connectivity index (χ0) is 16.9. The second-order valence-electron chi connectivity index (χ2n) is 5.86. The molecule has 2 atom stereocenters. The van der Waals surface area contributed by atoms with Gasteiger partial charge in [0.1, 0.15) is 0 Å². The molecule has 0 aliphatic carbocycles. The Labute approximate surface area is 140 Å². The minimum absolute atomic E-state index is 0.0331. The van der Waals surface area contributed by atoms with Crippen molar-refractivity contribution >= 4 is 5.97 Å². The van der Waals surface area contributed by atoms with Crippen molar-refractivity contribution in [2.75, 3.05) is 14.2 Å². The number of hydrogen-bond donors (Lipinski definition) is 1. The molecule has 0 aliphatic rings. The summed E-state index contributed by atoms with van der Waals surface area (Å²) >= 11 is 0. The van der Waals surface area contributed by atoms with E-state index >= 15 is 0 Å². The van der Waals surface area contributed by atoms with E-state index in [2.05, 4.69) is 24.4 Å². The van der Waals surface area contributed by atoms with E-state index in [1.807, 2.05) is 18.2 Å². The molecule has 0 heterocycles. The van der Waals surface area contributed by atoms with Crippen LogP contribution in [0.4, 0.5) is 0 Å². The minimum atomic E-state index is -0.560. The van der Waals surface area contributed by atoms with Crippen LogP contribution >= 0.6 is 0 Å². The molecule has 1 aromatic carbocycles. The lowest BCUT2D eigenvalue weighted by Gasteiger charge is -2.25. The van der Waals surface area contributed by atoms with Crippen molar-refractivity contribution in [1.29, 1.82) is 0 Å². The third kappa shape index (κ3) is 7.62. The molecule has 0 aliphatic heterocycles. The Kier molecular flexibility index (Phi) is 10.3. The molecular formula is C19H31NO3. The monoisotopic (exact) mass is 321 g/mol. The first-order chi connectivity index (χ1) is 11.2. The van der Waals surface area contributed by atoms with E-state index in [-0.39, 0.29) is 12.0 Å². The molecule has 1 rings (SSSR count). The number of carbonyl (C=O) groups excluding carboxylic acids is 1. The van der Waals surface area contributed by atoms with E-state index in [4.69, 9.17) is 9.47 Å². The van der Waals surface area contributed by atoms with Gasteiger partial charge in [-0.2, -0.15) is 0 Å². The number of methoxy groups -OCH3 is 2. The zero-order valence-corrected chi connectivity index (χ0v) is 14.7. The largest absolute Gasteiger partial charge is 0.467 e. The van der Waals surface area contributed by atoms with Crippen molar-refractivity contribution in [3.05, 3.63) is 35.9 Å².